The number of rotatable bonds is 6. The van der Waals surface area contributed by atoms with Crippen molar-refractivity contribution in [1.29, 1.82) is 0 Å². The fourth-order valence-electron chi connectivity index (χ4n) is 1.50. The highest BCUT2D eigenvalue weighted by atomic mass is 16.5. The Hall–Kier alpha value is -1.13. The Labute approximate surface area is 122 Å². The van der Waals surface area contributed by atoms with E-state index >= 15 is 0 Å². The number of nitrogens with one attached hydrogen (secondary N) is 1. The lowest BCUT2D eigenvalue weighted by molar-refractivity contribution is -0.0168. The third-order valence-electron chi connectivity index (χ3n) is 2.49. The molecule has 1 aromatic heterocycles. The van der Waals surface area contributed by atoms with E-state index in [0.29, 0.717) is 19.1 Å². The zero-order valence-electron chi connectivity index (χ0n) is 13.6. The number of hydrogen-bond acceptors (Lipinski definition) is 4. The van der Waals surface area contributed by atoms with Crippen molar-refractivity contribution in [2.45, 2.75) is 59.2 Å². The number of nitrogens with zero attached hydrogens (tertiary/aromatic N) is 1. The summed E-state index contributed by atoms with van der Waals surface area (Å²) in [4.78, 5) is 4.21. The van der Waals surface area contributed by atoms with E-state index in [9.17, 15) is 0 Å². The first kappa shape index (κ1) is 16.9. The number of aromatic nitrogens is 1. The zero-order valence-corrected chi connectivity index (χ0v) is 13.6. The molecule has 1 heterocycles. The minimum Gasteiger partial charge on any atom is -0.475 e. The standard InChI is InChI=1S/C16H28N2O2/c1-15(2,3)18-12-13-7-8-17-14(11-13)19-9-10-20-16(4,5)6/h7-8,11,18H,9-10,12H2,1-6H3. The number of hydrogen-bond donors (Lipinski definition) is 1. The molecule has 0 saturated heterocycles. The molecule has 1 aromatic rings. The van der Waals surface area contributed by atoms with Gasteiger partial charge in [-0.25, -0.2) is 4.98 Å². The second-order valence-corrected chi connectivity index (χ2v) is 6.92. The summed E-state index contributed by atoms with van der Waals surface area (Å²) < 4.78 is 11.2. The minimum absolute atomic E-state index is 0.102. The average Bonchev–Trinajstić information content (AvgIpc) is 2.31. The fraction of sp³-hybridized carbons (Fsp3) is 0.688. The van der Waals surface area contributed by atoms with E-state index in [1.807, 2.05) is 32.9 Å². The predicted molar refractivity (Wildman–Crippen MR) is 82.0 cm³/mol. The molecule has 20 heavy (non-hydrogen) atoms. The van der Waals surface area contributed by atoms with Crippen LogP contribution in [0.3, 0.4) is 0 Å². The summed E-state index contributed by atoms with van der Waals surface area (Å²) in [7, 11) is 0. The summed E-state index contributed by atoms with van der Waals surface area (Å²) in [5.74, 6) is 0.649. The summed E-state index contributed by atoms with van der Waals surface area (Å²) in [5, 5.41) is 3.44. The van der Waals surface area contributed by atoms with Gasteiger partial charge in [0.25, 0.3) is 0 Å². The van der Waals surface area contributed by atoms with Gasteiger partial charge in [-0.15, -0.1) is 0 Å². The Morgan fingerprint density at radius 2 is 1.80 bits per heavy atom. The molecule has 114 valence electrons. The first-order chi connectivity index (χ1) is 9.16. The van der Waals surface area contributed by atoms with Crippen LogP contribution in [0.15, 0.2) is 18.3 Å². The normalized spacial score (nSPS) is 12.5. The molecule has 0 aliphatic carbocycles. The van der Waals surface area contributed by atoms with Gasteiger partial charge >= 0.3 is 0 Å². The third kappa shape index (κ3) is 8.12. The van der Waals surface area contributed by atoms with Crippen molar-refractivity contribution in [3.05, 3.63) is 23.9 Å². The Morgan fingerprint density at radius 1 is 1.10 bits per heavy atom. The van der Waals surface area contributed by atoms with Crippen molar-refractivity contribution in [3.8, 4) is 5.88 Å². The monoisotopic (exact) mass is 280 g/mol. The van der Waals surface area contributed by atoms with Gasteiger partial charge in [-0.3, -0.25) is 0 Å². The average molecular weight is 280 g/mol. The van der Waals surface area contributed by atoms with Crippen molar-refractivity contribution in [2.24, 2.45) is 0 Å². The molecule has 0 aliphatic heterocycles. The van der Waals surface area contributed by atoms with E-state index < -0.39 is 0 Å². The lowest BCUT2D eigenvalue weighted by Crippen LogP contribution is -2.35. The summed E-state index contributed by atoms with van der Waals surface area (Å²) >= 11 is 0. The van der Waals surface area contributed by atoms with Gasteiger partial charge in [0.1, 0.15) is 6.61 Å². The van der Waals surface area contributed by atoms with Crippen molar-refractivity contribution in [1.82, 2.24) is 10.3 Å². The molecule has 0 unspecified atom stereocenters. The topological polar surface area (TPSA) is 43.4 Å². The number of ether oxygens (including phenoxy) is 2. The van der Waals surface area contributed by atoms with Crippen molar-refractivity contribution in [3.63, 3.8) is 0 Å². The van der Waals surface area contributed by atoms with Crippen molar-refractivity contribution in [2.75, 3.05) is 13.2 Å². The molecule has 0 atom stereocenters. The summed E-state index contributed by atoms with van der Waals surface area (Å²) in [5.41, 5.74) is 1.14. The maximum absolute atomic E-state index is 5.61. The molecule has 1 rings (SSSR count). The molecule has 0 amide bonds. The summed E-state index contributed by atoms with van der Waals surface area (Å²) in [6.07, 6.45) is 1.78. The van der Waals surface area contributed by atoms with E-state index in [0.717, 1.165) is 6.54 Å². The molecule has 0 aromatic carbocycles. The van der Waals surface area contributed by atoms with Gasteiger partial charge in [-0.1, -0.05) is 0 Å². The molecule has 0 bridgehead atoms. The highest BCUT2D eigenvalue weighted by Crippen LogP contribution is 2.11. The number of pyridine rings is 1. The highest BCUT2D eigenvalue weighted by molar-refractivity contribution is 5.20. The van der Waals surface area contributed by atoms with Crippen LogP contribution in [0.1, 0.15) is 47.1 Å². The molecule has 1 N–H and O–H groups in total. The molecule has 0 radical (unpaired) electrons. The SMILES string of the molecule is CC(C)(C)NCc1ccnc(OCCOC(C)(C)C)c1. The summed E-state index contributed by atoms with van der Waals surface area (Å²) in [6, 6.07) is 3.97. The van der Waals surface area contributed by atoms with Crippen LogP contribution in [0.25, 0.3) is 0 Å². The molecule has 0 fully saturated rings. The molecule has 4 heteroatoms. The van der Waals surface area contributed by atoms with Gasteiger partial charge in [0.05, 0.1) is 12.2 Å². The molecule has 4 nitrogen and oxygen atoms in total. The van der Waals surface area contributed by atoms with Gasteiger partial charge in [-0.2, -0.15) is 0 Å². The zero-order chi connectivity index (χ0) is 15.2. The first-order valence-corrected chi connectivity index (χ1v) is 7.12. The predicted octanol–water partition coefficient (Wildman–Crippen LogP) is 3.16. The first-order valence-electron chi connectivity index (χ1n) is 7.12. The van der Waals surface area contributed by atoms with Gasteiger partial charge < -0.3 is 14.8 Å². The van der Waals surface area contributed by atoms with Crippen LogP contribution in [-0.2, 0) is 11.3 Å². The Bertz CT molecular complexity index is 406. The summed E-state index contributed by atoms with van der Waals surface area (Å²) in [6.45, 7) is 14.4. The third-order valence-corrected chi connectivity index (χ3v) is 2.49. The highest BCUT2D eigenvalue weighted by Gasteiger charge is 2.10. The molecule has 0 aliphatic rings. The van der Waals surface area contributed by atoms with Crippen molar-refractivity contribution < 1.29 is 9.47 Å². The second-order valence-electron chi connectivity index (χ2n) is 6.92. The Morgan fingerprint density at radius 3 is 2.40 bits per heavy atom. The van der Waals surface area contributed by atoms with E-state index in [1.165, 1.54) is 5.56 Å². The van der Waals surface area contributed by atoms with Gasteiger partial charge in [-0.05, 0) is 53.2 Å². The molecular formula is C16H28N2O2. The van der Waals surface area contributed by atoms with Gasteiger partial charge in [0.2, 0.25) is 5.88 Å². The van der Waals surface area contributed by atoms with E-state index in [1.54, 1.807) is 6.20 Å². The Kier molecular flexibility index (Phi) is 5.96. The molecular weight excluding hydrogens is 252 g/mol. The largest absolute Gasteiger partial charge is 0.475 e. The minimum atomic E-state index is -0.130. The van der Waals surface area contributed by atoms with Crippen LogP contribution in [0, 0.1) is 0 Å². The second kappa shape index (κ2) is 7.04. The lowest BCUT2D eigenvalue weighted by Gasteiger charge is -2.21. The quantitative estimate of drug-likeness (QED) is 0.813. The van der Waals surface area contributed by atoms with Crippen LogP contribution in [0.2, 0.25) is 0 Å². The van der Waals surface area contributed by atoms with Crippen molar-refractivity contribution >= 4 is 0 Å². The van der Waals surface area contributed by atoms with Crippen LogP contribution in [0.5, 0.6) is 5.88 Å². The van der Waals surface area contributed by atoms with Crippen LogP contribution in [-0.4, -0.2) is 29.3 Å². The lowest BCUT2D eigenvalue weighted by atomic mass is 10.1. The fourth-order valence-corrected chi connectivity index (χ4v) is 1.50. The maximum Gasteiger partial charge on any atom is 0.213 e. The van der Waals surface area contributed by atoms with Crippen LogP contribution < -0.4 is 10.1 Å². The van der Waals surface area contributed by atoms with E-state index in [4.69, 9.17) is 9.47 Å². The van der Waals surface area contributed by atoms with E-state index in [-0.39, 0.29) is 11.1 Å². The van der Waals surface area contributed by atoms with Gasteiger partial charge in [0, 0.05) is 24.3 Å². The Balaban J connectivity index is 2.40. The van der Waals surface area contributed by atoms with Gasteiger partial charge in [0.15, 0.2) is 0 Å². The smallest absolute Gasteiger partial charge is 0.213 e. The molecule has 0 spiro atoms. The maximum atomic E-state index is 5.61. The van der Waals surface area contributed by atoms with Crippen LogP contribution in [0.4, 0.5) is 0 Å². The van der Waals surface area contributed by atoms with E-state index in [2.05, 4.69) is 31.1 Å². The molecule has 0 saturated carbocycles. The van der Waals surface area contributed by atoms with Crippen LogP contribution >= 0.6 is 0 Å².